The van der Waals surface area contributed by atoms with Crippen LogP contribution in [-0.2, 0) is 12.8 Å². The van der Waals surface area contributed by atoms with E-state index in [9.17, 15) is 18.3 Å². The van der Waals surface area contributed by atoms with Crippen molar-refractivity contribution < 1.29 is 23.0 Å². The topological polar surface area (TPSA) is 44.7 Å². The number of benzene rings is 4. The molecule has 0 radical (unpaired) electrons. The largest absolute Gasteiger partial charge is 0.457 e. The van der Waals surface area contributed by atoms with Crippen molar-refractivity contribution in [3.05, 3.63) is 113 Å². The molecule has 0 amide bonds. The van der Waals surface area contributed by atoms with Gasteiger partial charge in [-0.3, -0.25) is 0 Å². The van der Waals surface area contributed by atoms with E-state index in [0.29, 0.717) is 17.1 Å². The van der Waals surface area contributed by atoms with Gasteiger partial charge in [-0.25, -0.2) is 0 Å². The van der Waals surface area contributed by atoms with Crippen molar-refractivity contribution in [1.29, 1.82) is 0 Å². The van der Waals surface area contributed by atoms with Crippen molar-refractivity contribution in [2.24, 2.45) is 0 Å². The SMILES string of the molecule is CCN(CC)c1ccc2c(c1)Oc1ccc(Nc3cccc(C(F)(F)F)c3)cc1C2c1ccccc1CO. The van der Waals surface area contributed by atoms with Gasteiger partial charge < -0.3 is 20.1 Å². The smallest absolute Gasteiger partial charge is 0.416 e. The maximum Gasteiger partial charge on any atom is 0.416 e. The van der Waals surface area contributed by atoms with Gasteiger partial charge in [0.15, 0.2) is 0 Å². The highest BCUT2D eigenvalue weighted by atomic mass is 19.4. The number of fused-ring (bicyclic) bond motifs is 2. The molecule has 1 heterocycles. The van der Waals surface area contributed by atoms with E-state index >= 15 is 0 Å². The molecule has 0 aromatic heterocycles. The molecule has 0 spiro atoms. The summed E-state index contributed by atoms with van der Waals surface area (Å²) in [5.74, 6) is 1.19. The maximum atomic E-state index is 13.2. The van der Waals surface area contributed by atoms with Crippen LogP contribution in [0, 0.1) is 0 Å². The molecule has 1 unspecified atom stereocenters. The quantitative estimate of drug-likeness (QED) is 0.229. The van der Waals surface area contributed by atoms with E-state index in [2.05, 4.69) is 42.3 Å². The minimum absolute atomic E-state index is 0.113. The average molecular weight is 519 g/mol. The second-order valence-electron chi connectivity index (χ2n) is 9.24. The maximum absolute atomic E-state index is 13.2. The van der Waals surface area contributed by atoms with Gasteiger partial charge in [-0.05, 0) is 67.4 Å². The number of anilines is 3. The summed E-state index contributed by atoms with van der Waals surface area (Å²) in [4.78, 5) is 2.25. The highest BCUT2D eigenvalue weighted by Gasteiger charge is 2.32. The third kappa shape index (κ3) is 4.94. The predicted molar refractivity (Wildman–Crippen MR) is 145 cm³/mol. The lowest BCUT2D eigenvalue weighted by Gasteiger charge is -2.32. The fourth-order valence-electron chi connectivity index (χ4n) is 5.10. The number of aliphatic hydroxyl groups is 1. The number of halogens is 3. The molecule has 1 atom stereocenters. The van der Waals surface area contributed by atoms with Crippen molar-refractivity contribution in [3.8, 4) is 11.5 Å². The van der Waals surface area contributed by atoms with E-state index in [1.54, 1.807) is 12.1 Å². The third-order valence-electron chi connectivity index (χ3n) is 6.99. The zero-order chi connectivity index (χ0) is 26.9. The predicted octanol–water partition coefficient (Wildman–Crippen LogP) is 8.07. The van der Waals surface area contributed by atoms with E-state index < -0.39 is 11.7 Å². The van der Waals surface area contributed by atoms with Crippen LogP contribution in [0.2, 0.25) is 0 Å². The molecule has 5 rings (SSSR count). The Morgan fingerprint density at radius 3 is 2.29 bits per heavy atom. The van der Waals surface area contributed by atoms with Crippen molar-refractivity contribution >= 4 is 17.1 Å². The highest BCUT2D eigenvalue weighted by Crippen LogP contribution is 2.50. The molecule has 0 bridgehead atoms. The summed E-state index contributed by atoms with van der Waals surface area (Å²) in [6.45, 7) is 5.84. The van der Waals surface area contributed by atoms with Crippen LogP contribution in [0.25, 0.3) is 0 Å². The normalized spacial score (nSPS) is 14.3. The van der Waals surface area contributed by atoms with Crippen LogP contribution in [0.4, 0.5) is 30.2 Å². The number of nitrogens with zero attached hydrogens (tertiary/aromatic N) is 1. The molecule has 0 saturated heterocycles. The van der Waals surface area contributed by atoms with Gasteiger partial charge in [0, 0.05) is 53.3 Å². The number of nitrogens with one attached hydrogen (secondary N) is 1. The zero-order valence-corrected chi connectivity index (χ0v) is 21.2. The third-order valence-corrected chi connectivity index (χ3v) is 6.99. The standard InChI is InChI=1S/C31H29F3N2O2/c1-3-36(4-2)24-13-14-26-29(18-24)38-28-15-12-23(35-22-10-7-9-21(16-22)31(32,33)34)17-27(28)30(26)25-11-6-5-8-20(25)19-37/h5-18,30,35,37H,3-4,19H2,1-2H3. The van der Waals surface area contributed by atoms with Crippen LogP contribution in [0.5, 0.6) is 11.5 Å². The Bertz CT molecular complexity index is 1450. The minimum atomic E-state index is -4.42. The number of aliphatic hydroxyl groups excluding tert-OH is 1. The van der Waals surface area contributed by atoms with E-state index in [4.69, 9.17) is 4.74 Å². The van der Waals surface area contributed by atoms with Crippen molar-refractivity contribution in [2.45, 2.75) is 32.5 Å². The Hall–Kier alpha value is -3.97. The summed E-state index contributed by atoms with van der Waals surface area (Å²) >= 11 is 0. The first-order chi connectivity index (χ1) is 18.3. The average Bonchev–Trinajstić information content (AvgIpc) is 2.92. The Kier molecular flexibility index (Phi) is 7.04. The number of hydrogen-bond donors (Lipinski definition) is 2. The lowest BCUT2D eigenvalue weighted by atomic mass is 9.80. The van der Waals surface area contributed by atoms with Gasteiger partial charge in [0.05, 0.1) is 12.2 Å². The number of rotatable bonds is 7. The van der Waals surface area contributed by atoms with Gasteiger partial charge in [0.25, 0.3) is 0 Å². The van der Waals surface area contributed by atoms with Crippen LogP contribution >= 0.6 is 0 Å². The van der Waals surface area contributed by atoms with Gasteiger partial charge in [-0.1, -0.05) is 36.4 Å². The lowest BCUT2D eigenvalue weighted by molar-refractivity contribution is -0.137. The molecule has 7 heteroatoms. The number of hydrogen-bond acceptors (Lipinski definition) is 4. The highest BCUT2D eigenvalue weighted by molar-refractivity contribution is 5.69. The van der Waals surface area contributed by atoms with Crippen LogP contribution in [-0.4, -0.2) is 18.2 Å². The molecular weight excluding hydrogens is 489 g/mol. The molecule has 4 aromatic rings. The van der Waals surface area contributed by atoms with Gasteiger partial charge in [-0.15, -0.1) is 0 Å². The Labute approximate surface area is 220 Å². The van der Waals surface area contributed by atoms with Crippen molar-refractivity contribution in [2.75, 3.05) is 23.3 Å². The zero-order valence-electron chi connectivity index (χ0n) is 21.2. The second kappa shape index (κ2) is 10.4. The fourth-order valence-corrected chi connectivity index (χ4v) is 5.10. The molecule has 2 N–H and O–H groups in total. The van der Waals surface area contributed by atoms with E-state index in [1.807, 2.05) is 36.4 Å². The Balaban J connectivity index is 1.60. The summed E-state index contributed by atoms with van der Waals surface area (Å²) < 4.78 is 46.1. The molecule has 0 saturated carbocycles. The van der Waals surface area contributed by atoms with Crippen LogP contribution < -0.4 is 15.0 Å². The molecule has 38 heavy (non-hydrogen) atoms. The molecule has 1 aliphatic rings. The van der Waals surface area contributed by atoms with Gasteiger partial charge in [-0.2, -0.15) is 13.2 Å². The van der Waals surface area contributed by atoms with Crippen molar-refractivity contribution in [3.63, 3.8) is 0 Å². The van der Waals surface area contributed by atoms with Gasteiger partial charge in [0.1, 0.15) is 11.5 Å². The number of alkyl halides is 3. The minimum Gasteiger partial charge on any atom is -0.457 e. The molecular formula is C31H29F3N2O2. The monoisotopic (exact) mass is 518 g/mol. The van der Waals surface area contributed by atoms with Crippen LogP contribution in [0.15, 0.2) is 84.9 Å². The first-order valence-electron chi connectivity index (χ1n) is 12.7. The Morgan fingerprint density at radius 2 is 1.55 bits per heavy atom. The first-order valence-corrected chi connectivity index (χ1v) is 12.7. The molecule has 1 aliphatic heterocycles. The second-order valence-corrected chi connectivity index (χ2v) is 9.24. The lowest BCUT2D eigenvalue weighted by Crippen LogP contribution is -2.22. The molecule has 196 valence electrons. The van der Waals surface area contributed by atoms with Gasteiger partial charge >= 0.3 is 6.18 Å². The fraction of sp³-hybridized carbons (Fsp3) is 0.226. The van der Waals surface area contributed by atoms with Crippen molar-refractivity contribution in [1.82, 2.24) is 0 Å². The van der Waals surface area contributed by atoms with E-state index in [1.165, 1.54) is 6.07 Å². The van der Waals surface area contributed by atoms with Crippen LogP contribution in [0.1, 0.15) is 47.6 Å². The summed E-state index contributed by atoms with van der Waals surface area (Å²) in [5.41, 5.74) is 4.92. The molecule has 0 aliphatic carbocycles. The Morgan fingerprint density at radius 1 is 0.789 bits per heavy atom. The summed E-state index contributed by atoms with van der Waals surface area (Å²) in [5, 5.41) is 13.2. The summed E-state index contributed by atoms with van der Waals surface area (Å²) in [7, 11) is 0. The van der Waals surface area contributed by atoms with Crippen LogP contribution in [0.3, 0.4) is 0 Å². The molecule has 4 aromatic carbocycles. The molecule has 0 fully saturated rings. The first kappa shape index (κ1) is 25.7. The summed E-state index contributed by atoms with van der Waals surface area (Å²) in [6.07, 6.45) is -4.42. The molecule has 4 nitrogen and oxygen atoms in total. The van der Waals surface area contributed by atoms with E-state index in [-0.39, 0.29) is 12.5 Å². The summed E-state index contributed by atoms with van der Waals surface area (Å²) in [6, 6.07) is 24.6. The van der Waals surface area contributed by atoms with E-state index in [0.717, 1.165) is 58.9 Å². The number of ether oxygens (including phenoxy) is 1. The van der Waals surface area contributed by atoms with Gasteiger partial charge in [0.2, 0.25) is 0 Å².